The van der Waals surface area contributed by atoms with Crippen LogP contribution in [0.4, 0.5) is 17.1 Å². The standard InChI is InChI=1S/C22H21ClN2/c1-3-24-22-13-19-15(10-14(22)2)11-16-12-17(8-9-18(16)19)25-21-7-5-4-6-20(21)23/h4-10,12-13,24-25H,3,11H2,1-2H3. The number of anilines is 3. The predicted molar refractivity (Wildman–Crippen MR) is 108 cm³/mol. The van der Waals surface area contributed by atoms with E-state index in [1.54, 1.807) is 0 Å². The van der Waals surface area contributed by atoms with Crippen molar-refractivity contribution in [1.82, 2.24) is 0 Å². The Bertz CT molecular complexity index is 947. The van der Waals surface area contributed by atoms with E-state index < -0.39 is 0 Å². The molecule has 4 rings (SSSR count). The molecule has 0 saturated heterocycles. The minimum atomic E-state index is 0.734. The predicted octanol–water partition coefficient (Wildman–Crippen LogP) is 6.40. The van der Waals surface area contributed by atoms with Crippen LogP contribution in [0.25, 0.3) is 11.1 Å². The highest BCUT2D eigenvalue weighted by molar-refractivity contribution is 6.33. The number of aryl methyl sites for hydroxylation is 1. The van der Waals surface area contributed by atoms with Crippen LogP contribution in [-0.2, 0) is 6.42 Å². The Morgan fingerprint density at radius 2 is 1.72 bits per heavy atom. The Kier molecular flexibility index (Phi) is 4.14. The van der Waals surface area contributed by atoms with Gasteiger partial charge in [-0.25, -0.2) is 0 Å². The molecule has 0 bridgehead atoms. The van der Waals surface area contributed by atoms with Crippen LogP contribution in [0.1, 0.15) is 23.6 Å². The molecule has 0 aliphatic heterocycles. The Balaban J connectivity index is 1.67. The zero-order chi connectivity index (χ0) is 17.4. The van der Waals surface area contributed by atoms with Gasteiger partial charge in [0.1, 0.15) is 0 Å². The van der Waals surface area contributed by atoms with E-state index in [9.17, 15) is 0 Å². The van der Waals surface area contributed by atoms with Crippen LogP contribution in [0.2, 0.25) is 5.02 Å². The van der Waals surface area contributed by atoms with Gasteiger partial charge in [0.15, 0.2) is 0 Å². The normalized spacial score (nSPS) is 11.8. The first-order chi connectivity index (χ1) is 12.2. The zero-order valence-corrected chi connectivity index (χ0v) is 15.2. The molecule has 0 fully saturated rings. The third kappa shape index (κ3) is 2.98. The van der Waals surface area contributed by atoms with Crippen molar-refractivity contribution in [2.75, 3.05) is 17.2 Å². The van der Waals surface area contributed by atoms with E-state index >= 15 is 0 Å². The van der Waals surface area contributed by atoms with Gasteiger partial charge < -0.3 is 10.6 Å². The van der Waals surface area contributed by atoms with E-state index in [4.69, 9.17) is 11.6 Å². The van der Waals surface area contributed by atoms with Gasteiger partial charge in [0.25, 0.3) is 0 Å². The van der Waals surface area contributed by atoms with E-state index in [1.165, 1.54) is 33.5 Å². The largest absolute Gasteiger partial charge is 0.385 e. The van der Waals surface area contributed by atoms with Crippen molar-refractivity contribution < 1.29 is 0 Å². The Morgan fingerprint density at radius 3 is 2.52 bits per heavy atom. The van der Waals surface area contributed by atoms with Crippen molar-refractivity contribution in [2.45, 2.75) is 20.3 Å². The third-order valence-corrected chi connectivity index (χ3v) is 5.08. The molecule has 126 valence electrons. The van der Waals surface area contributed by atoms with Crippen molar-refractivity contribution in [3.63, 3.8) is 0 Å². The van der Waals surface area contributed by atoms with E-state index in [0.29, 0.717) is 0 Å². The molecule has 0 atom stereocenters. The lowest BCUT2D eigenvalue weighted by atomic mass is 10.0. The minimum Gasteiger partial charge on any atom is -0.385 e. The maximum Gasteiger partial charge on any atom is 0.0640 e. The van der Waals surface area contributed by atoms with Gasteiger partial charge >= 0.3 is 0 Å². The molecule has 1 aliphatic rings. The molecular formula is C22H21ClN2. The summed E-state index contributed by atoms with van der Waals surface area (Å²) >= 11 is 6.26. The maximum atomic E-state index is 6.26. The fraction of sp³-hybridized carbons (Fsp3) is 0.182. The Labute approximate surface area is 153 Å². The number of rotatable bonds is 4. The lowest BCUT2D eigenvalue weighted by Crippen LogP contribution is -1.99. The average Bonchev–Trinajstić information content (AvgIpc) is 2.94. The summed E-state index contributed by atoms with van der Waals surface area (Å²) in [6.45, 7) is 5.24. The van der Waals surface area contributed by atoms with Crippen molar-refractivity contribution in [1.29, 1.82) is 0 Å². The van der Waals surface area contributed by atoms with Crippen LogP contribution >= 0.6 is 11.6 Å². The summed E-state index contributed by atoms with van der Waals surface area (Å²) in [7, 11) is 0. The summed E-state index contributed by atoms with van der Waals surface area (Å²) in [6.07, 6.45) is 0.982. The first-order valence-electron chi connectivity index (χ1n) is 8.68. The summed E-state index contributed by atoms with van der Waals surface area (Å²) in [5.41, 5.74) is 9.99. The highest BCUT2D eigenvalue weighted by Gasteiger charge is 2.20. The molecule has 2 N–H and O–H groups in total. The van der Waals surface area contributed by atoms with Crippen molar-refractivity contribution in [2.24, 2.45) is 0 Å². The summed E-state index contributed by atoms with van der Waals surface area (Å²) in [4.78, 5) is 0. The van der Waals surface area contributed by atoms with Crippen LogP contribution in [-0.4, -0.2) is 6.54 Å². The molecule has 0 spiro atoms. The van der Waals surface area contributed by atoms with Crippen LogP contribution in [0.15, 0.2) is 54.6 Å². The van der Waals surface area contributed by atoms with Crippen LogP contribution in [0.5, 0.6) is 0 Å². The highest BCUT2D eigenvalue weighted by Crippen LogP contribution is 2.41. The van der Waals surface area contributed by atoms with E-state index in [-0.39, 0.29) is 0 Å². The molecule has 0 unspecified atom stereocenters. The van der Waals surface area contributed by atoms with Gasteiger partial charge in [-0.3, -0.25) is 0 Å². The molecule has 3 heteroatoms. The summed E-state index contributed by atoms with van der Waals surface area (Å²) in [6, 6.07) is 19.0. The first kappa shape index (κ1) is 16.0. The quantitative estimate of drug-likeness (QED) is 0.446. The SMILES string of the molecule is CCNc1cc2c(cc1C)Cc1cc(Nc3ccccc3Cl)ccc1-2. The number of halogens is 1. The molecule has 0 heterocycles. The summed E-state index contributed by atoms with van der Waals surface area (Å²) in [5, 5.41) is 7.62. The van der Waals surface area contributed by atoms with Gasteiger partial charge in [0.05, 0.1) is 10.7 Å². The second-order valence-electron chi connectivity index (χ2n) is 6.51. The number of para-hydroxylation sites is 1. The fourth-order valence-corrected chi connectivity index (χ4v) is 3.73. The van der Waals surface area contributed by atoms with Gasteiger partial charge in [-0.15, -0.1) is 0 Å². The lowest BCUT2D eigenvalue weighted by molar-refractivity contribution is 1.19. The van der Waals surface area contributed by atoms with E-state index in [0.717, 1.165) is 29.4 Å². The summed E-state index contributed by atoms with van der Waals surface area (Å²) in [5.74, 6) is 0. The molecule has 3 aromatic rings. The molecule has 0 aromatic heterocycles. The van der Waals surface area contributed by atoms with Gasteiger partial charge in [0, 0.05) is 17.9 Å². The van der Waals surface area contributed by atoms with Crippen molar-refractivity contribution in [3.05, 3.63) is 76.3 Å². The minimum absolute atomic E-state index is 0.734. The van der Waals surface area contributed by atoms with Gasteiger partial charge in [-0.05, 0) is 78.4 Å². The molecule has 2 nitrogen and oxygen atoms in total. The second kappa shape index (κ2) is 6.45. The van der Waals surface area contributed by atoms with Gasteiger partial charge in [-0.2, -0.15) is 0 Å². The monoisotopic (exact) mass is 348 g/mol. The van der Waals surface area contributed by atoms with Gasteiger partial charge in [0.2, 0.25) is 0 Å². The third-order valence-electron chi connectivity index (χ3n) is 4.75. The molecule has 0 amide bonds. The second-order valence-corrected chi connectivity index (χ2v) is 6.92. The van der Waals surface area contributed by atoms with Gasteiger partial charge in [-0.1, -0.05) is 35.9 Å². The highest BCUT2D eigenvalue weighted by atomic mass is 35.5. The topological polar surface area (TPSA) is 24.1 Å². The lowest BCUT2D eigenvalue weighted by Gasteiger charge is -2.11. The van der Waals surface area contributed by atoms with E-state index in [1.807, 2.05) is 24.3 Å². The molecule has 3 aromatic carbocycles. The number of benzene rings is 3. The van der Waals surface area contributed by atoms with Crippen LogP contribution < -0.4 is 10.6 Å². The fourth-order valence-electron chi connectivity index (χ4n) is 3.55. The van der Waals surface area contributed by atoms with Crippen molar-refractivity contribution in [3.8, 4) is 11.1 Å². The van der Waals surface area contributed by atoms with Crippen molar-refractivity contribution >= 4 is 28.7 Å². The summed E-state index contributed by atoms with van der Waals surface area (Å²) < 4.78 is 0. The van der Waals surface area contributed by atoms with E-state index in [2.05, 4.69) is 54.8 Å². The Morgan fingerprint density at radius 1 is 0.920 bits per heavy atom. The molecule has 0 saturated carbocycles. The number of fused-ring (bicyclic) bond motifs is 3. The van der Waals surface area contributed by atoms with Crippen LogP contribution in [0.3, 0.4) is 0 Å². The first-order valence-corrected chi connectivity index (χ1v) is 9.05. The average molecular weight is 349 g/mol. The number of hydrogen-bond donors (Lipinski definition) is 2. The molecule has 0 radical (unpaired) electrons. The Hall–Kier alpha value is -2.45. The molecule has 25 heavy (non-hydrogen) atoms. The van der Waals surface area contributed by atoms with Crippen LogP contribution in [0, 0.1) is 6.92 Å². The molecular weight excluding hydrogens is 328 g/mol. The smallest absolute Gasteiger partial charge is 0.0640 e. The maximum absolute atomic E-state index is 6.26. The number of hydrogen-bond acceptors (Lipinski definition) is 2. The molecule has 1 aliphatic carbocycles. The zero-order valence-electron chi connectivity index (χ0n) is 14.5. The number of nitrogens with one attached hydrogen (secondary N) is 2.